The first-order valence-electron chi connectivity index (χ1n) is 6.39. The van der Waals surface area contributed by atoms with E-state index >= 15 is 0 Å². The molecule has 0 bridgehead atoms. The molecule has 1 heterocycles. The number of carbonyl (C=O) groups excluding carboxylic acids is 1. The van der Waals surface area contributed by atoms with Gasteiger partial charge >= 0.3 is 0 Å². The number of halogens is 1. The van der Waals surface area contributed by atoms with Crippen LogP contribution in [0.1, 0.15) is 24.8 Å². The molecule has 1 amide bonds. The van der Waals surface area contributed by atoms with Gasteiger partial charge in [0.2, 0.25) is 5.91 Å². The molecule has 19 heavy (non-hydrogen) atoms. The number of nitrogens with zero attached hydrogens (tertiary/aromatic N) is 1. The minimum Gasteiger partial charge on any atom is -0.325 e. The van der Waals surface area contributed by atoms with Crippen LogP contribution in [0.4, 0.5) is 5.69 Å². The molecule has 4 nitrogen and oxygen atoms in total. The third-order valence-corrected chi connectivity index (χ3v) is 3.56. The molecular formula is C14H16ClN3O. The molecule has 0 radical (unpaired) electrons. The third-order valence-electron chi connectivity index (χ3n) is 3.25. The van der Waals surface area contributed by atoms with Crippen LogP contribution in [0.5, 0.6) is 0 Å². The molecule has 1 atom stereocenters. The zero-order chi connectivity index (χ0) is 13.7. The Morgan fingerprint density at radius 1 is 1.58 bits per heavy atom. The highest BCUT2D eigenvalue weighted by Crippen LogP contribution is 2.23. The van der Waals surface area contributed by atoms with E-state index in [-0.39, 0.29) is 5.91 Å². The Morgan fingerprint density at radius 3 is 3.05 bits per heavy atom. The second-order valence-corrected chi connectivity index (χ2v) is 5.18. The van der Waals surface area contributed by atoms with Crippen LogP contribution < -0.4 is 10.6 Å². The third kappa shape index (κ3) is 3.95. The van der Waals surface area contributed by atoms with Gasteiger partial charge in [-0.2, -0.15) is 5.26 Å². The number of hydrogen-bond donors (Lipinski definition) is 2. The molecular weight excluding hydrogens is 262 g/mol. The standard InChI is InChI=1S/C14H16ClN3O/c15-12-6-10(8-16)3-4-13(12)18-14(19)7-11-2-1-5-17-9-11/h3-4,6,11,17H,1-2,5,7,9H2,(H,18,19). The van der Waals surface area contributed by atoms with E-state index in [9.17, 15) is 4.79 Å². The van der Waals surface area contributed by atoms with Gasteiger partial charge in [-0.3, -0.25) is 4.79 Å². The summed E-state index contributed by atoms with van der Waals surface area (Å²) in [7, 11) is 0. The molecule has 1 aliphatic rings. The molecule has 1 fully saturated rings. The van der Waals surface area contributed by atoms with E-state index in [4.69, 9.17) is 16.9 Å². The fourth-order valence-corrected chi connectivity index (χ4v) is 2.48. The molecule has 1 aromatic carbocycles. The summed E-state index contributed by atoms with van der Waals surface area (Å²) in [5, 5.41) is 15.2. The van der Waals surface area contributed by atoms with Gasteiger partial charge in [-0.1, -0.05) is 11.6 Å². The number of nitrogens with one attached hydrogen (secondary N) is 2. The van der Waals surface area contributed by atoms with Crippen molar-refractivity contribution in [2.45, 2.75) is 19.3 Å². The van der Waals surface area contributed by atoms with Crippen molar-refractivity contribution in [1.29, 1.82) is 5.26 Å². The van der Waals surface area contributed by atoms with Crippen LogP contribution in [0.25, 0.3) is 0 Å². The minimum atomic E-state index is -0.0275. The number of nitriles is 1. The highest BCUT2D eigenvalue weighted by molar-refractivity contribution is 6.33. The number of hydrogen-bond acceptors (Lipinski definition) is 3. The molecule has 100 valence electrons. The van der Waals surface area contributed by atoms with Crippen LogP contribution in [0.15, 0.2) is 18.2 Å². The maximum Gasteiger partial charge on any atom is 0.224 e. The smallest absolute Gasteiger partial charge is 0.224 e. The first-order chi connectivity index (χ1) is 9.19. The predicted octanol–water partition coefficient (Wildman–Crippen LogP) is 2.54. The topological polar surface area (TPSA) is 64.9 Å². The van der Waals surface area contributed by atoms with Crippen LogP contribution in [0.2, 0.25) is 5.02 Å². The summed E-state index contributed by atoms with van der Waals surface area (Å²) in [6.07, 6.45) is 2.71. The van der Waals surface area contributed by atoms with Crippen LogP contribution >= 0.6 is 11.6 Å². The molecule has 2 rings (SSSR count). The molecule has 0 spiro atoms. The SMILES string of the molecule is N#Cc1ccc(NC(=O)CC2CCCNC2)c(Cl)c1. The van der Waals surface area contributed by atoms with Gasteiger partial charge in [0.05, 0.1) is 22.3 Å². The van der Waals surface area contributed by atoms with Crippen molar-refractivity contribution in [3.63, 3.8) is 0 Å². The number of anilines is 1. The van der Waals surface area contributed by atoms with Crippen molar-refractivity contribution in [1.82, 2.24) is 5.32 Å². The van der Waals surface area contributed by atoms with E-state index < -0.39 is 0 Å². The Balaban J connectivity index is 1.93. The molecule has 1 aromatic rings. The van der Waals surface area contributed by atoms with Gasteiger partial charge in [0.1, 0.15) is 0 Å². The predicted molar refractivity (Wildman–Crippen MR) is 75.0 cm³/mol. The second kappa shape index (κ2) is 6.55. The Bertz CT molecular complexity index is 504. The van der Waals surface area contributed by atoms with Gasteiger partial charge in [-0.15, -0.1) is 0 Å². The van der Waals surface area contributed by atoms with E-state index in [1.165, 1.54) is 0 Å². The van der Waals surface area contributed by atoms with Crippen LogP contribution in [0, 0.1) is 17.2 Å². The van der Waals surface area contributed by atoms with Gasteiger partial charge in [-0.25, -0.2) is 0 Å². The van der Waals surface area contributed by atoms with Gasteiger partial charge in [-0.05, 0) is 50.0 Å². The van der Waals surface area contributed by atoms with Crippen molar-refractivity contribution in [2.24, 2.45) is 5.92 Å². The Labute approximate surface area is 117 Å². The second-order valence-electron chi connectivity index (χ2n) is 4.77. The molecule has 0 saturated carbocycles. The van der Waals surface area contributed by atoms with Gasteiger partial charge in [0.15, 0.2) is 0 Å². The minimum absolute atomic E-state index is 0.0275. The number of amides is 1. The lowest BCUT2D eigenvalue weighted by Gasteiger charge is -2.22. The van der Waals surface area contributed by atoms with Crippen molar-refractivity contribution in [3.05, 3.63) is 28.8 Å². The quantitative estimate of drug-likeness (QED) is 0.892. The summed E-state index contributed by atoms with van der Waals surface area (Å²) in [5.41, 5.74) is 1.05. The lowest BCUT2D eigenvalue weighted by molar-refractivity contribution is -0.117. The molecule has 1 unspecified atom stereocenters. The molecule has 1 saturated heterocycles. The van der Waals surface area contributed by atoms with E-state index in [0.717, 1.165) is 25.9 Å². The average Bonchev–Trinajstić information content (AvgIpc) is 2.42. The maximum atomic E-state index is 11.9. The molecule has 0 aromatic heterocycles. The summed E-state index contributed by atoms with van der Waals surface area (Å²) in [5.74, 6) is 0.367. The largest absolute Gasteiger partial charge is 0.325 e. The van der Waals surface area contributed by atoms with Crippen molar-refractivity contribution in [3.8, 4) is 6.07 Å². The maximum absolute atomic E-state index is 11.9. The number of rotatable bonds is 3. The number of carbonyl (C=O) groups is 1. The van der Waals surface area contributed by atoms with Crippen LogP contribution in [-0.2, 0) is 4.79 Å². The Morgan fingerprint density at radius 2 is 2.42 bits per heavy atom. The van der Waals surface area contributed by atoms with E-state index in [2.05, 4.69) is 10.6 Å². The first-order valence-corrected chi connectivity index (χ1v) is 6.77. The van der Waals surface area contributed by atoms with E-state index in [0.29, 0.717) is 28.6 Å². The summed E-state index contributed by atoms with van der Waals surface area (Å²) < 4.78 is 0. The van der Waals surface area contributed by atoms with Gasteiger partial charge < -0.3 is 10.6 Å². The molecule has 1 aliphatic heterocycles. The molecule has 0 aliphatic carbocycles. The summed E-state index contributed by atoms with van der Waals surface area (Å²) in [6, 6.07) is 6.87. The van der Waals surface area contributed by atoms with Crippen molar-refractivity contribution < 1.29 is 4.79 Å². The van der Waals surface area contributed by atoms with Crippen LogP contribution in [0.3, 0.4) is 0 Å². The summed E-state index contributed by atoms with van der Waals surface area (Å²) in [4.78, 5) is 11.9. The van der Waals surface area contributed by atoms with E-state index in [1.54, 1.807) is 18.2 Å². The molecule has 5 heteroatoms. The average molecular weight is 278 g/mol. The Kier molecular flexibility index (Phi) is 4.78. The normalized spacial score (nSPS) is 18.6. The summed E-state index contributed by atoms with van der Waals surface area (Å²) >= 11 is 6.02. The van der Waals surface area contributed by atoms with Gasteiger partial charge in [0, 0.05) is 6.42 Å². The lowest BCUT2D eigenvalue weighted by atomic mass is 9.96. The zero-order valence-corrected chi connectivity index (χ0v) is 11.3. The Hall–Kier alpha value is -1.57. The first kappa shape index (κ1) is 13.9. The van der Waals surface area contributed by atoms with Crippen LogP contribution in [-0.4, -0.2) is 19.0 Å². The van der Waals surface area contributed by atoms with Crippen molar-refractivity contribution >= 4 is 23.2 Å². The highest BCUT2D eigenvalue weighted by atomic mass is 35.5. The number of piperidine rings is 1. The number of benzene rings is 1. The lowest BCUT2D eigenvalue weighted by Crippen LogP contribution is -2.32. The van der Waals surface area contributed by atoms with Gasteiger partial charge in [0.25, 0.3) is 0 Å². The monoisotopic (exact) mass is 277 g/mol. The fourth-order valence-electron chi connectivity index (χ4n) is 2.25. The fraction of sp³-hybridized carbons (Fsp3) is 0.429. The zero-order valence-electron chi connectivity index (χ0n) is 10.6. The highest BCUT2D eigenvalue weighted by Gasteiger charge is 2.17. The van der Waals surface area contributed by atoms with E-state index in [1.807, 2.05) is 6.07 Å². The molecule has 2 N–H and O–H groups in total. The van der Waals surface area contributed by atoms with Crippen molar-refractivity contribution in [2.75, 3.05) is 18.4 Å². The summed E-state index contributed by atoms with van der Waals surface area (Å²) in [6.45, 7) is 1.94.